The van der Waals surface area contributed by atoms with Crippen LogP contribution in [0.15, 0.2) is 24.4 Å². The van der Waals surface area contributed by atoms with Gasteiger partial charge in [0.2, 0.25) is 5.91 Å². The fourth-order valence-electron chi connectivity index (χ4n) is 4.72. The molecule has 1 aromatic heterocycles. The first-order valence-electron chi connectivity index (χ1n) is 10.1. The number of piperazine rings is 1. The first kappa shape index (κ1) is 23.2. The van der Waals surface area contributed by atoms with E-state index in [0.717, 1.165) is 51.4 Å². The van der Waals surface area contributed by atoms with Gasteiger partial charge in [0.15, 0.2) is 0 Å². The Morgan fingerprint density at radius 2 is 1.82 bits per heavy atom. The van der Waals surface area contributed by atoms with Crippen molar-refractivity contribution in [3.05, 3.63) is 24.4 Å². The van der Waals surface area contributed by atoms with Crippen molar-refractivity contribution in [3.63, 3.8) is 0 Å². The van der Waals surface area contributed by atoms with Crippen LogP contribution < -0.4 is 10.2 Å². The molecular weight excluding hydrogens is 397 g/mol. The third kappa shape index (κ3) is 5.50. The summed E-state index contributed by atoms with van der Waals surface area (Å²) in [6, 6.07) is 7.76. The van der Waals surface area contributed by atoms with Gasteiger partial charge >= 0.3 is 0 Å². The number of fused-ring (bicyclic) bond motifs is 2. The molecule has 4 rings (SSSR count). The van der Waals surface area contributed by atoms with Gasteiger partial charge < -0.3 is 15.1 Å². The van der Waals surface area contributed by atoms with Crippen molar-refractivity contribution in [2.75, 3.05) is 44.7 Å². The number of halogens is 2. The molecule has 0 aromatic carbocycles. The summed E-state index contributed by atoms with van der Waals surface area (Å²) in [5.74, 6) is 1.37. The van der Waals surface area contributed by atoms with Crippen molar-refractivity contribution in [2.45, 2.75) is 50.2 Å². The highest BCUT2D eigenvalue weighted by atomic mass is 35.5. The van der Waals surface area contributed by atoms with Crippen molar-refractivity contribution in [1.29, 1.82) is 0 Å². The van der Waals surface area contributed by atoms with E-state index in [0.29, 0.717) is 30.5 Å². The van der Waals surface area contributed by atoms with Gasteiger partial charge in [-0.1, -0.05) is 6.07 Å². The number of nitrogens with one attached hydrogen (secondary N) is 1. The third-order valence-electron chi connectivity index (χ3n) is 6.38. The molecule has 3 aliphatic heterocycles. The zero-order valence-corrected chi connectivity index (χ0v) is 18.3. The van der Waals surface area contributed by atoms with Crippen LogP contribution in [0, 0.1) is 0 Å². The summed E-state index contributed by atoms with van der Waals surface area (Å²) in [5.41, 5.74) is 0. The molecule has 0 radical (unpaired) electrons. The Bertz CT molecular complexity index is 600. The Hall–Kier alpha value is -1.08. The number of hydrogen-bond acceptors (Lipinski definition) is 5. The second-order valence-electron chi connectivity index (χ2n) is 8.03. The fourth-order valence-corrected chi connectivity index (χ4v) is 4.72. The summed E-state index contributed by atoms with van der Waals surface area (Å²) >= 11 is 0. The van der Waals surface area contributed by atoms with Crippen LogP contribution in [0.4, 0.5) is 5.82 Å². The number of nitrogens with zero attached hydrogens (tertiary/aromatic N) is 4. The van der Waals surface area contributed by atoms with Gasteiger partial charge in [0.05, 0.1) is 0 Å². The van der Waals surface area contributed by atoms with E-state index >= 15 is 0 Å². The molecule has 0 spiro atoms. The minimum Gasteiger partial charge on any atom is -0.354 e. The van der Waals surface area contributed by atoms with E-state index in [4.69, 9.17) is 0 Å². The van der Waals surface area contributed by atoms with E-state index in [1.165, 1.54) is 12.8 Å². The predicted molar refractivity (Wildman–Crippen MR) is 118 cm³/mol. The minimum absolute atomic E-state index is 0. The van der Waals surface area contributed by atoms with Crippen LogP contribution in [0.2, 0.25) is 0 Å². The monoisotopic (exact) mass is 429 g/mol. The molecular formula is C20H33Cl2N5O. The van der Waals surface area contributed by atoms with Crippen molar-refractivity contribution >= 4 is 36.5 Å². The van der Waals surface area contributed by atoms with Gasteiger partial charge in [-0.25, -0.2) is 4.98 Å². The number of piperidine rings is 1. The maximum atomic E-state index is 12.7. The van der Waals surface area contributed by atoms with E-state index in [1.54, 1.807) is 0 Å². The topological polar surface area (TPSA) is 51.7 Å². The summed E-state index contributed by atoms with van der Waals surface area (Å²) in [4.78, 5) is 23.9. The SMILES string of the molecule is CN(C(=O)CCN1CCN(c2ccccn2)CC1)C1CC2CCC(C1)N2.Cl.Cl. The van der Waals surface area contributed by atoms with Gasteiger partial charge in [-0.15, -0.1) is 24.8 Å². The lowest BCUT2D eigenvalue weighted by atomic mass is 9.98. The Morgan fingerprint density at radius 3 is 2.43 bits per heavy atom. The van der Waals surface area contributed by atoms with Crippen LogP contribution in [0.3, 0.4) is 0 Å². The maximum Gasteiger partial charge on any atom is 0.223 e. The number of carbonyl (C=O) groups is 1. The molecule has 0 saturated carbocycles. The van der Waals surface area contributed by atoms with Crippen LogP contribution in [-0.4, -0.2) is 78.6 Å². The summed E-state index contributed by atoms with van der Waals surface area (Å²) in [7, 11) is 2.01. The second kappa shape index (κ2) is 10.6. The molecule has 158 valence electrons. The molecule has 3 aliphatic rings. The first-order chi connectivity index (χ1) is 12.7. The van der Waals surface area contributed by atoms with Gasteiger partial charge in [-0.05, 0) is 37.8 Å². The molecule has 1 N–H and O–H groups in total. The Labute approximate surface area is 180 Å². The molecule has 2 unspecified atom stereocenters. The molecule has 28 heavy (non-hydrogen) atoms. The number of carbonyl (C=O) groups excluding carboxylic acids is 1. The molecule has 6 nitrogen and oxygen atoms in total. The lowest BCUT2D eigenvalue weighted by Crippen LogP contribution is -2.50. The number of rotatable bonds is 5. The van der Waals surface area contributed by atoms with Crippen LogP contribution in [0.1, 0.15) is 32.1 Å². The summed E-state index contributed by atoms with van der Waals surface area (Å²) < 4.78 is 0. The largest absolute Gasteiger partial charge is 0.354 e. The summed E-state index contributed by atoms with van der Waals surface area (Å²) in [5, 5.41) is 3.66. The molecule has 4 heterocycles. The number of anilines is 1. The van der Waals surface area contributed by atoms with Gasteiger partial charge in [-0.3, -0.25) is 9.69 Å². The second-order valence-corrected chi connectivity index (χ2v) is 8.03. The molecule has 0 aliphatic carbocycles. The van der Waals surface area contributed by atoms with Crippen molar-refractivity contribution in [1.82, 2.24) is 20.1 Å². The number of aromatic nitrogens is 1. The fraction of sp³-hybridized carbons (Fsp3) is 0.700. The van der Waals surface area contributed by atoms with Gasteiger partial charge in [0.25, 0.3) is 0 Å². The first-order valence-corrected chi connectivity index (χ1v) is 10.1. The van der Waals surface area contributed by atoms with Crippen molar-refractivity contribution < 1.29 is 4.79 Å². The Kier molecular flexibility index (Phi) is 8.81. The highest BCUT2D eigenvalue weighted by Crippen LogP contribution is 2.29. The summed E-state index contributed by atoms with van der Waals surface area (Å²) in [6.45, 7) is 4.85. The van der Waals surface area contributed by atoms with Crippen LogP contribution in [0.5, 0.6) is 0 Å². The van der Waals surface area contributed by atoms with Crippen LogP contribution in [0.25, 0.3) is 0 Å². The zero-order chi connectivity index (χ0) is 17.9. The zero-order valence-electron chi connectivity index (χ0n) is 16.6. The average molecular weight is 430 g/mol. The normalized spacial score (nSPS) is 26.9. The number of pyridine rings is 1. The van der Waals surface area contributed by atoms with Gasteiger partial charge in [0.1, 0.15) is 5.82 Å². The average Bonchev–Trinajstić information content (AvgIpc) is 3.04. The smallest absolute Gasteiger partial charge is 0.223 e. The number of amides is 1. The van der Waals surface area contributed by atoms with E-state index in [-0.39, 0.29) is 24.8 Å². The number of hydrogen-bond donors (Lipinski definition) is 1. The molecule has 2 bridgehead atoms. The van der Waals surface area contributed by atoms with Crippen LogP contribution in [-0.2, 0) is 4.79 Å². The maximum absolute atomic E-state index is 12.7. The highest BCUT2D eigenvalue weighted by molar-refractivity contribution is 5.85. The molecule has 3 fully saturated rings. The standard InChI is InChI=1S/C20H31N5O.2ClH/c1-23(18-14-16-5-6-17(15-18)22-16)20(26)7-9-24-10-12-25(13-11-24)19-4-2-3-8-21-19;;/h2-4,8,16-18,22H,5-7,9-15H2,1H3;2*1H. The molecule has 3 saturated heterocycles. The Morgan fingerprint density at radius 1 is 1.14 bits per heavy atom. The van der Waals surface area contributed by atoms with Crippen molar-refractivity contribution in [2.24, 2.45) is 0 Å². The minimum atomic E-state index is 0. The van der Waals surface area contributed by atoms with Gasteiger partial charge in [0, 0.05) is 70.5 Å². The lowest BCUT2D eigenvalue weighted by Gasteiger charge is -2.37. The summed E-state index contributed by atoms with van der Waals surface area (Å²) in [6.07, 6.45) is 7.30. The van der Waals surface area contributed by atoms with Crippen LogP contribution >= 0.6 is 24.8 Å². The third-order valence-corrected chi connectivity index (χ3v) is 6.38. The molecule has 1 aromatic rings. The molecule has 1 amide bonds. The predicted octanol–water partition coefficient (Wildman–Crippen LogP) is 2.18. The van der Waals surface area contributed by atoms with E-state index in [2.05, 4.69) is 26.2 Å². The van der Waals surface area contributed by atoms with E-state index < -0.39 is 0 Å². The van der Waals surface area contributed by atoms with E-state index in [9.17, 15) is 4.79 Å². The quantitative estimate of drug-likeness (QED) is 0.776. The van der Waals surface area contributed by atoms with E-state index in [1.807, 2.05) is 30.3 Å². The molecule has 8 heteroatoms. The lowest BCUT2D eigenvalue weighted by molar-refractivity contribution is -0.133. The molecule has 2 atom stereocenters. The van der Waals surface area contributed by atoms with Gasteiger partial charge in [-0.2, -0.15) is 0 Å². The van der Waals surface area contributed by atoms with Crippen molar-refractivity contribution in [3.8, 4) is 0 Å². The highest BCUT2D eigenvalue weighted by Gasteiger charge is 2.36. The Balaban J connectivity index is 0.00000140.